The Kier molecular flexibility index (Phi) is 4.07. The van der Waals surface area contributed by atoms with E-state index in [1.807, 2.05) is 60.7 Å². The van der Waals surface area contributed by atoms with Crippen LogP contribution in [-0.4, -0.2) is 5.78 Å². The minimum Gasteiger partial charge on any atom is -0.456 e. The van der Waals surface area contributed by atoms with Crippen molar-refractivity contribution >= 4 is 27.7 Å². The lowest BCUT2D eigenvalue weighted by Gasteiger charge is -2.12. The molecule has 0 atom stereocenters. The number of para-hydroxylation sites is 1. The molecular formula is C26H16O3. The summed E-state index contributed by atoms with van der Waals surface area (Å²) in [4.78, 5) is 26.5. The summed E-state index contributed by atoms with van der Waals surface area (Å²) in [7, 11) is 0. The molecular weight excluding hydrogens is 360 g/mol. The number of hydrogen-bond donors (Lipinski definition) is 0. The van der Waals surface area contributed by atoms with Crippen LogP contribution in [0.2, 0.25) is 0 Å². The molecule has 0 aliphatic rings. The second-order valence-electron chi connectivity index (χ2n) is 6.85. The SMILES string of the molecule is O=C(c1ccccc1)c1ccccc1-c1cccc2oc3ccccc3c(=O)c12. The Morgan fingerprint density at radius 1 is 0.621 bits per heavy atom. The highest BCUT2D eigenvalue weighted by molar-refractivity contribution is 6.14. The fraction of sp³-hybridized carbons (Fsp3) is 0. The van der Waals surface area contributed by atoms with Crippen molar-refractivity contribution in [1.29, 1.82) is 0 Å². The number of fused-ring (bicyclic) bond motifs is 2. The van der Waals surface area contributed by atoms with Crippen LogP contribution in [0.3, 0.4) is 0 Å². The molecule has 5 rings (SSSR count). The third-order valence-electron chi connectivity index (χ3n) is 5.10. The van der Waals surface area contributed by atoms with Gasteiger partial charge in [0.05, 0.1) is 10.8 Å². The Balaban J connectivity index is 1.81. The summed E-state index contributed by atoms with van der Waals surface area (Å²) in [5.41, 5.74) is 3.54. The average Bonchev–Trinajstić information content (AvgIpc) is 2.79. The first-order chi connectivity index (χ1) is 14.2. The van der Waals surface area contributed by atoms with Gasteiger partial charge in [-0.05, 0) is 29.3 Å². The van der Waals surface area contributed by atoms with Crippen molar-refractivity contribution in [3.63, 3.8) is 0 Å². The van der Waals surface area contributed by atoms with Crippen molar-refractivity contribution in [3.05, 3.63) is 118 Å². The number of rotatable bonds is 3. The van der Waals surface area contributed by atoms with Crippen LogP contribution in [0.25, 0.3) is 33.1 Å². The van der Waals surface area contributed by atoms with E-state index in [-0.39, 0.29) is 11.2 Å². The van der Waals surface area contributed by atoms with Gasteiger partial charge in [-0.15, -0.1) is 0 Å². The predicted molar refractivity (Wildman–Crippen MR) is 115 cm³/mol. The molecule has 1 aromatic heterocycles. The van der Waals surface area contributed by atoms with E-state index in [1.54, 1.807) is 36.4 Å². The van der Waals surface area contributed by atoms with Gasteiger partial charge in [0.2, 0.25) is 5.43 Å². The molecule has 3 heteroatoms. The lowest BCUT2D eigenvalue weighted by molar-refractivity contribution is 0.103. The van der Waals surface area contributed by atoms with E-state index in [0.29, 0.717) is 38.6 Å². The molecule has 138 valence electrons. The second-order valence-corrected chi connectivity index (χ2v) is 6.85. The van der Waals surface area contributed by atoms with E-state index in [1.165, 1.54) is 0 Å². The molecule has 0 N–H and O–H groups in total. The van der Waals surface area contributed by atoms with Gasteiger partial charge in [-0.2, -0.15) is 0 Å². The van der Waals surface area contributed by atoms with E-state index < -0.39 is 0 Å². The first-order valence-electron chi connectivity index (χ1n) is 9.38. The fourth-order valence-corrected chi connectivity index (χ4v) is 3.73. The van der Waals surface area contributed by atoms with Gasteiger partial charge in [-0.3, -0.25) is 9.59 Å². The smallest absolute Gasteiger partial charge is 0.201 e. The van der Waals surface area contributed by atoms with Gasteiger partial charge in [0, 0.05) is 11.1 Å². The number of benzene rings is 4. The van der Waals surface area contributed by atoms with Crippen LogP contribution >= 0.6 is 0 Å². The summed E-state index contributed by atoms with van der Waals surface area (Å²) < 4.78 is 5.99. The van der Waals surface area contributed by atoms with Crippen LogP contribution in [0.4, 0.5) is 0 Å². The Morgan fingerprint density at radius 2 is 1.28 bits per heavy atom. The summed E-state index contributed by atoms with van der Waals surface area (Å²) in [6.45, 7) is 0. The van der Waals surface area contributed by atoms with Crippen LogP contribution in [0.5, 0.6) is 0 Å². The van der Waals surface area contributed by atoms with Gasteiger partial charge >= 0.3 is 0 Å². The summed E-state index contributed by atoms with van der Waals surface area (Å²) >= 11 is 0. The Morgan fingerprint density at radius 3 is 2.14 bits per heavy atom. The Labute approximate surface area is 166 Å². The molecule has 0 radical (unpaired) electrons. The third-order valence-corrected chi connectivity index (χ3v) is 5.10. The van der Waals surface area contributed by atoms with Crippen LogP contribution in [0, 0.1) is 0 Å². The van der Waals surface area contributed by atoms with E-state index in [0.717, 1.165) is 5.56 Å². The molecule has 5 aromatic rings. The minimum absolute atomic E-state index is 0.0802. The summed E-state index contributed by atoms with van der Waals surface area (Å²) in [5, 5.41) is 1.01. The van der Waals surface area contributed by atoms with E-state index >= 15 is 0 Å². The van der Waals surface area contributed by atoms with Crippen molar-refractivity contribution < 1.29 is 9.21 Å². The third kappa shape index (κ3) is 2.84. The van der Waals surface area contributed by atoms with Crippen LogP contribution < -0.4 is 5.43 Å². The summed E-state index contributed by atoms with van der Waals surface area (Å²) in [6, 6.07) is 29.2. The summed E-state index contributed by atoms with van der Waals surface area (Å²) in [5.74, 6) is -0.0802. The first kappa shape index (κ1) is 17.1. The molecule has 0 aliphatic heterocycles. The monoisotopic (exact) mass is 376 g/mol. The Hall–Kier alpha value is -3.98. The highest BCUT2D eigenvalue weighted by Crippen LogP contribution is 2.32. The first-order valence-corrected chi connectivity index (χ1v) is 9.38. The van der Waals surface area contributed by atoms with Crippen LogP contribution in [-0.2, 0) is 0 Å². The van der Waals surface area contributed by atoms with Crippen molar-refractivity contribution in [3.8, 4) is 11.1 Å². The zero-order chi connectivity index (χ0) is 19.8. The minimum atomic E-state index is -0.0978. The average molecular weight is 376 g/mol. The number of ketones is 1. The highest BCUT2D eigenvalue weighted by Gasteiger charge is 2.18. The van der Waals surface area contributed by atoms with Crippen molar-refractivity contribution in [2.75, 3.05) is 0 Å². The van der Waals surface area contributed by atoms with Gasteiger partial charge in [0.15, 0.2) is 5.78 Å². The predicted octanol–water partition coefficient (Wildman–Crippen LogP) is 5.84. The molecule has 29 heavy (non-hydrogen) atoms. The molecule has 0 amide bonds. The molecule has 4 aromatic carbocycles. The summed E-state index contributed by atoms with van der Waals surface area (Å²) in [6.07, 6.45) is 0. The molecule has 0 bridgehead atoms. The molecule has 1 heterocycles. The number of hydrogen-bond acceptors (Lipinski definition) is 3. The van der Waals surface area contributed by atoms with Crippen molar-refractivity contribution in [2.45, 2.75) is 0 Å². The molecule has 0 unspecified atom stereocenters. The second kappa shape index (κ2) is 6.88. The largest absolute Gasteiger partial charge is 0.456 e. The fourth-order valence-electron chi connectivity index (χ4n) is 3.73. The van der Waals surface area contributed by atoms with E-state index in [2.05, 4.69) is 0 Å². The zero-order valence-corrected chi connectivity index (χ0v) is 15.5. The quantitative estimate of drug-likeness (QED) is 0.293. The van der Waals surface area contributed by atoms with E-state index in [9.17, 15) is 9.59 Å². The zero-order valence-electron chi connectivity index (χ0n) is 15.5. The normalized spacial score (nSPS) is 11.0. The number of carbonyl (C=O) groups excluding carboxylic acids is 1. The van der Waals surface area contributed by atoms with Gasteiger partial charge in [0.25, 0.3) is 0 Å². The van der Waals surface area contributed by atoms with Gasteiger partial charge < -0.3 is 4.42 Å². The standard InChI is InChI=1S/C26H16O3/c27-25(17-9-2-1-3-10-17)20-12-5-4-11-18(20)19-14-8-16-23-24(19)26(28)21-13-6-7-15-22(21)29-23/h1-16H. The maximum absolute atomic E-state index is 13.3. The van der Waals surface area contributed by atoms with Crippen molar-refractivity contribution in [2.24, 2.45) is 0 Å². The maximum Gasteiger partial charge on any atom is 0.201 e. The van der Waals surface area contributed by atoms with Crippen LogP contribution in [0.1, 0.15) is 15.9 Å². The highest BCUT2D eigenvalue weighted by atomic mass is 16.3. The lowest BCUT2D eigenvalue weighted by atomic mass is 9.92. The number of carbonyl (C=O) groups is 1. The van der Waals surface area contributed by atoms with E-state index in [4.69, 9.17) is 4.42 Å². The molecule has 0 saturated carbocycles. The topological polar surface area (TPSA) is 47.3 Å². The van der Waals surface area contributed by atoms with Gasteiger partial charge in [0.1, 0.15) is 11.2 Å². The molecule has 0 fully saturated rings. The lowest BCUT2D eigenvalue weighted by Crippen LogP contribution is -2.07. The molecule has 0 saturated heterocycles. The maximum atomic E-state index is 13.3. The van der Waals surface area contributed by atoms with Gasteiger partial charge in [-0.25, -0.2) is 0 Å². The van der Waals surface area contributed by atoms with Crippen LogP contribution in [0.15, 0.2) is 106 Å². The van der Waals surface area contributed by atoms with Crippen molar-refractivity contribution in [1.82, 2.24) is 0 Å². The molecule has 0 aliphatic carbocycles. The Bertz CT molecular complexity index is 1430. The molecule has 3 nitrogen and oxygen atoms in total. The molecule has 0 spiro atoms. The van der Waals surface area contributed by atoms with Gasteiger partial charge in [-0.1, -0.05) is 78.9 Å².